The molecule has 1 unspecified atom stereocenters. The Morgan fingerprint density at radius 2 is 1.69 bits per heavy atom. The van der Waals surface area contributed by atoms with Gasteiger partial charge in [-0.1, -0.05) is 50.6 Å². The van der Waals surface area contributed by atoms with E-state index in [1.54, 1.807) is 0 Å². The van der Waals surface area contributed by atoms with Crippen LogP contribution >= 0.6 is 0 Å². The lowest BCUT2D eigenvalue weighted by atomic mass is 10.0. The summed E-state index contributed by atoms with van der Waals surface area (Å²) >= 11 is 0. The van der Waals surface area contributed by atoms with E-state index >= 15 is 0 Å². The first kappa shape index (κ1) is 22.0. The summed E-state index contributed by atoms with van der Waals surface area (Å²) in [5, 5.41) is 11.8. The highest BCUT2D eigenvalue weighted by atomic mass is 16.2. The Bertz CT molecular complexity index is 557. The van der Waals surface area contributed by atoms with Crippen LogP contribution in [0, 0.1) is 12.8 Å². The number of amides is 3. The van der Waals surface area contributed by atoms with E-state index in [9.17, 15) is 9.59 Å². The lowest BCUT2D eigenvalue weighted by Gasteiger charge is -2.22. The molecular formula is C20H34N4O2. The summed E-state index contributed by atoms with van der Waals surface area (Å²) in [5.41, 5.74) is 2.20. The third-order valence-corrected chi connectivity index (χ3v) is 4.04. The van der Waals surface area contributed by atoms with Crippen molar-refractivity contribution in [2.45, 2.75) is 59.7 Å². The van der Waals surface area contributed by atoms with Crippen LogP contribution < -0.4 is 21.3 Å². The Kier molecular flexibility index (Phi) is 9.73. The maximum Gasteiger partial charge on any atom is 0.315 e. The molecule has 4 N–H and O–H groups in total. The summed E-state index contributed by atoms with van der Waals surface area (Å²) in [6.07, 6.45) is 0.597. The minimum Gasteiger partial charge on any atom is -0.353 e. The van der Waals surface area contributed by atoms with Gasteiger partial charge in [0.05, 0.1) is 0 Å². The number of hydrogen-bond acceptors (Lipinski definition) is 3. The van der Waals surface area contributed by atoms with Crippen LogP contribution in [0.15, 0.2) is 24.3 Å². The number of carbonyl (C=O) groups is 2. The largest absolute Gasteiger partial charge is 0.353 e. The molecule has 6 nitrogen and oxygen atoms in total. The molecule has 0 saturated heterocycles. The molecular weight excluding hydrogens is 328 g/mol. The highest BCUT2D eigenvalue weighted by molar-refractivity contribution is 5.87. The molecule has 3 amide bonds. The number of benzene rings is 1. The smallest absolute Gasteiger partial charge is 0.315 e. The molecule has 0 saturated carbocycles. The first-order valence-corrected chi connectivity index (χ1v) is 9.42. The standard InChI is InChI=1S/C20H34N4O2/c1-6-21-16(5)12-22-19(25)18(11-14(2)3)24-20(26)23-13-17-9-7-15(4)8-10-17/h7-10,14,16,18,21H,6,11-13H2,1-5H3,(H,22,25)(H2,23,24,26)/t16-,18?/m1/s1. The van der Waals surface area contributed by atoms with Crippen molar-refractivity contribution in [1.29, 1.82) is 0 Å². The second-order valence-corrected chi connectivity index (χ2v) is 7.20. The first-order valence-electron chi connectivity index (χ1n) is 9.42. The fourth-order valence-corrected chi connectivity index (χ4v) is 2.60. The van der Waals surface area contributed by atoms with Crippen molar-refractivity contribution in [2.75, 3.05) is 13.1 Å². The van der Waals surface area contributed by atoms with E-state index in [1.165, 1.54) is 5.56 Å². The van der Waals surface area contributed by atoms with Gasteiger partial charge in [-0.25, -0.2) is 4.79 Å². The summed E-state index contributed by atoms with van der Waals surface area (Å²) in [6.45, 7) is 12.0. The van der Waals surface area contributed by atoms with Crippen molar-refractivity contribution in [1.82, 2.24) is 21.3 Å². The zero-order valence-electron chi connectivity index (χ0n) is 16.7. The Morgan fingerprint density at radius 1 is 1.04 bits per heavy atom. The van der Waals surface area contributed by atoms with Gasteiger partial charge in [0.25, 0.3) is 0 Å². The van der Waals surface area contributed by atoms with Crippen LogP contribution in [0.25, 0.3) is 0 Å². The van der Waals surface area contributed by atoms with Gasteiger partial charge in [0.2, 0.25) is 5.91 Å². The van der Waals surface area contributed by atoms with E-state index in [4.69, 9.17) is 0 Å². The molecule has 1 aromatic rings. The van der Waals surface area contributed by atoms with Crippen molar-refractivity contribution in [2.24, 2.45) is 5.92 Å². The third kappa shape index (κ3) is 8.85. The van der Waals surface area contributed by atoms with Gasteiger partial charge in [-0.2, -0.15) is 0 Å². The minimum absolute atomic E-state index is 0.145. The summed E-state index contributed by atoms with van der Waals surface area (Å²) in [4.78, 5) is 24.7. The number of rotatable bonds is 10. The number of carbonyl (C=O) groups excluding carboxylic acids is 2. The molecule has 1 rings (SSSR count). The molecule has 1 aromatic carbocycles. The summed E-state index contributed by atoms with van der Waals surface area (Å²) in [7, 11) is 0. The number of nitrogens with one attached hydrogen (secondary N) is 4. The topological polar surface area (TPSA) is 82.3 Å². The van der Waals surface area contributed by atoms with Gasteiger partial charge >= 0.3 is 6.03 Å². The normalized spacial score (nSPS) is 13.2. The molecule has 0 radical (unpaired) electrons. The van der Waals surface area contributed by atoms with E-state index < -0.39 is 6.04 Å². The molecule has 0 spiro atoms. The van der Waals surface area contributed by atoms with Gasteiger partial charge < -0.3 is 21.3 Å². The second kappa shape index (κ2) is 11.5. The number of urea groups is 1. The van der Waals surface area contributed by atoms with Crippen LogP contribution in [-0.4, -0.2) is 37.1 Å². The fourth-order valence-electron chi connectivity index (χ4n) is 2.60. The van der Waals surface area contributed by atoms with Crippen LogP contribution in [0.1, 0.15) is 45.2 Å². The van der Waals surface area contributed by atoms with E-state index in [-0.39, 0.29) is 18.0 Å². The molecule has 0 aliphatic heterocycles. The highest BCUT2D eigenvalue weighted by Gasteiger charge is 2.22. The molecule has 0 bridgehead atoms. The van der Waals surface area contributed by atoms with E-state index in [1.807, 2.05) is 58.9 Å². The first-order chi connectivity index (χ1) is 12.3. The Labute approximate surface area is 157 Å². The molecule has 2 atom stereocenters. The van der Waals surface area contributed by atoms with Crippen molar-refractivity contribution in [3.8, 4) is 0 Å². The molecule has 0 fully saturated rings. The van der Waals surface area contributed by atoms with Gasteiger partial charge in [0.1, 0.15) is 6.04 Å². The Hall–Kier alpha value is -2.08. The highest BCUT2D eigenvalue weighted by Crippen LogP contribution is 2.06. The van der Waals surface area contributed by atoms with Crippen LogP contribution in [0.3, 0.4) is 0 Å². The van der Waals surface area contributed by atoms with Gasteiger partial charge in [0.15, 0.2) is 0 Å². The molecule has 0 aromatic heterocycles. The molecule has 26 heavy (non-hydrogen) atoms. The van der Waals surface area contributed by atoms with Crippen molar-refractivity contribution in [3.63, 3.8) is 0 Å². The van der Waals surface area contributed by atoms with Gasteiger partial charge in [-0.05, 0) is 38.3 Å². The van der Waals surface area contributed by atoms with Crippen LogP contribution in [0.5, 0.6) is 0 Å². The van der Waals surface area contributed by atoms with Crippen LogP contribution in [0.4, 0.5) is 4.79 Å². The molecule has 6 heteroatoms. The molecule has 146 valence electrons. The monoisotopic (exact) mass is 362 g/mol. The summed E-state index contributed by atoms with van der Waals surface area (Å²) < 4.78 is 0. The predicted molar refractivity (Wildman–Crippen MR) is 106 cm³/mol. The SMILES string of the molecule is CCN[C@H](C)CNC(=O)C(CC(C)C)NC(=O)NCc1ccc(C)cc1. The van der Waals surface area contributed by atoms with Gasteiger partial charge in [0, 0.05) is 19.1 Å². The van der Waals surface area contributed by atoms with E-state index in [2.05, 4.69) is 21.3 Å². The van der Waals surface area contributed by atoms with E-state index in [0.29, 0.717) is 25.4 Å². The third-order valence-electron chi connectivity index (χ3n) is 4.04. The molecule has 0 aliphatic rings. The van der Waals surface area contributed by atoms with Crippen molar-refractivity contribution in [3.05, 3.63) is 35.4 Å². The Balaban J connectivity index is 2.52. The van der Waals surface area contributed by atoms with Gasteiger partial charge in [-0.15, -0.1) is 0 Å². The number of aryl methyl sites for hydroxylation is 1. The van der Waals surface area contributed by atoms with Gasteiger partial charge in [-0.3, -0.25) is 4.79 Å². The maximum absolute atomic E-state index is 12.5. The second-order valence-electron chi connectivity index (χ2n) is 7.20. The number of hydrogen-bond donors (Lipinski definition) is 4. The average molecular weight is 363 g/mol. The fraction of sp³-hybridized carbons (Fsp3) is 0.600. The molecule has 0 heterocycles. The van der Waals surface area contributed by atoms with E-state index in [0.717, 1.165) is 12.1 Å². The Morgan fingerprint density at radius 3 is 2.27 bits per heavy atom. The predicted octanol–water partition coefficient (Wildman–Crippen LogP) is 2.32. The quantitative estimate of drug-likeness (QED) is 0.515. The average Bonchev–Trinajstić information content (AvgIpc) is 2.58. The number of likely N-dealkylation sites (N-methyl/N-ethyl adjacent to an activating group) is 1. The zero-order chi connectivity index (χ0) is 19.5. The summed E-state index contributed by atoms with van der Waals surface area (Å²) in [5.74, 6) is 0.156. The maximum atomic E-state index is 12.5. The van der Waals surface area contributed by atoms with Crippen molar-refractivity contribution >= 4 is 11.9 Å². The van der Waals surface area contributed by atoms with Crippen LogP contribution in [-0.2, 0) is 11.3 Å². The zero-order valence-corrected chi connectivity index (χ0v) is 16.7. The lowest BCUT2D eigenvalue weighted by molar-refractivity contribution is -0.123. The summed E-state index contributed by atoms with van der Waals surface area (Å²) in [6, 6.07) is 7.31. The van der Waals surface area contributed by atoms with Crippen LogP contribution in [0.2, 0.25) is 0 Å². The van der Waals surface area contributed by atoms with Crippen molar-refractivity contribution < 1.29 is 9.59 Å². The lowest BCUT2D eigenvalue weighted by Crippen LogP contribution is -2.52. The molecule has 0 aliphatic carbocycles. The minimum atomic E-state index is -0.540.